The van der Waals surface area contributed by atoms with Gasteiger partial charge in [-0.05, 0) is 49.4 Å². The number of carbonyl (C=O) groups is 1. The second-order valence-corrected chi connectivity index (χ2v) is 7.32. The normalized spacial score (nSPS) is 21.9. The number of aliphatic hydroxyl groups is 1. The molecule has 1 aliphatic heterocycles. The summed E-state index contributed by atoms with van der Waals surface area (Å²) in [5, 5.41) is 12.2. The second-order valence-electron chi connectivity index (χ2n) is 7.32. The summed E-state index contributed by atoms with van der Waals surface area (Å²) in [5.74, 6) is 0.108. The number of nitrogens with zero attached hydrogens (tertiary/aromatic N) is 1. The van der Waals surface area contributed by atoms with Gasteiger partial charge in [0, 0.05) is 18.0 Å². The smallest absolute Gasteiger partial charge is 0.222 e. The first-order valence-corrected chi connectivity index (χ1v) is 9.91. The number of amides is 1. The van der Waals surface area contributed by atoms with Crippen LogP contribution in [0.15, 0.2) is 24.4 Å². The van der Waals surface area contributed by atoms with Gasteiger partial charge in [0.2, 0.25) is 5.91 Å². The molecule has 3 atom stereocenters. The molecule has 0 spiro atoms. The maximum atomic E-state index is 14.5. The number of hydrogen-bond donors (Lipinski definition) is 3. The monoisotopic (exact) mass is 405 g/mol. The van der Waals surface area contributed by atoms with Gasteiger partial charge in [-0.25, -0.2) is 4.39 Å². The van der Waals surface area contributed by atoms with E-state index >= 15 is 0 Å². The molecule has 1 aromatic carbocycles. The number of methoxy groups -OCH3 is 1. The highest BCUT2D eigenvalue weighted by Crippen LogP contribution is 2.28. The number of aryl methyl sites for hydroxylation is 1. The number of ether oxygens (including phenoxy) is 2. The van der Waals surface area contributed by atoms with Gasteiger partial charge in [0.25, 0.3) is 0 Å². The van der Waals surface area contributed by atoms with Crippen molar-refractivity contribution in [3.8, 4) is 5.75 Å². The van der Waals surface area contributed by atoms with Gasteiger partial charge >= 0.3 is 0 Å². The van der Waals surface area contributed by atoms with Crippen LogP contribution in [-0.4, -0.2) is 54.5 Å². The molecule has 0 aliphatic carbocycles. The number of pyridine rings is 1. The molecule has 1 aliphatic rings. The Morgan fingerprint density at radius 3 is 3.03 bits per heavy atom. The summed E-state index contributed by atoms with van der Waals surface area (Å²) in [6.45, 7) is 0.101. The molecule has 1 amide bonds. The van der Waals surface area contributed by atoms with Crippen LogP contribution in [0.2, 0.25) is 0 Å². The highest BCUT2D eigenvalue weighted by molar-refractivity contribution is 5.83. The lowest BCUT2D eigenvalue weighted by atomic mass is 9.93. The van der Waals surface area contributed by atoms with E-state index < -0.39 is 0 Å². The Morgan fingerprint density at radius 2 is 2.28 bits per heavy atom. The van der Waals surface area contributed by atoms with E-state index in [2.05, 4.69) is 10.3 Å². The minimum absolute atomic E-state index is 0.0985. The largest absolute Gasteiger partial charge is 0.497 e. The number of nitrogens with one attached hydrogen (secondary N) is 1. The highest BCUT2D eigenvalue weighted by Gasteiger charge is 2.30. The van der Waals surface area contributed by atoms with Gasteiger partial charge in [-0.3, -0.25) is 9.78 Å². The van der Waals surface area contributed by atoms with E-state index in [0.29, 0.717) is 29.7 Å². The summed E-state index contributed by atoms with van der Waals surface area (Å²) < 4.78 is 25.8. The fourth-order valence-electron chi connectivity index (χ4n) is 3.73. The molecule has 29 heavy (non-hydrogen) atoms. The van der Waals surface area contributed by atoms with E-state index in [-0.39, 0.29) is 49.5 Å². The summed E-state index contributed by atoms with van der Waals surface area (Å²) in [5.41, 5.74) is 7.42. The first-order valence-electron chi connectivity index (χ1n) is 9.91. The predicted molar refractivity (Wildman–Crippen MR) is 107 cm³/mol. The lowest BCUT2D eigenvalue weighted by molar-refractivity contribution is -0.128. The van der Waals surface area contributed by atoms with E-state index in [4.69, 9.17) is 20.3 Å². The van der Waals surface area contributed by atoms with Gasteiger partial charge in [-0.1, -0.05) is 0 Å². The van der Waals surface area contributed by atoms with Crippen molar-refractivity contribution in [1.29, 1.82) is 0 Å². The number of benzene rings is 1. The summed E-state index contributed by atoms with van der Waals surface area (Å²) in [6, 6.07) is 5.20. The summed E-state index contributed by atoms with van der Waals surface area (Å²) in [4.78, 5) is 16.1. The summed E-state index contributed by atoms with van der Waals surface area (Å²) >= 11 is 0. The topological polar surface area (TPSA) is 107 Å². The standard InChI is InChI=1S/C21H28FN3O4/c1-28-14-4-7-19-16(10-14)15(17(22)12-25-19)5-2-13-3-6-18(23)20(29-13)11-21(27)24-8-9-26/h4,7,10,12-13,18,20,26H,2-3,5-6,8-9,11,23H2,1H3,(H,24,27)/t13-,18-,20-/m1/s1. The van der Waals surface area contributed by atoms with Crippen LogP contribution < -0.4 is 15.8 Å². The van der Waals surface area contributed by atoms with Gasteiger partial charge in [0.1, 0.15) is 11.6 Å². The third-order valence-corrected chi connectivity index (χ3v) is 5.34. The molecule has 0 saturated carbocycles. The molecule has 1 fully saturated rings. The quantitative estimate of drug-likeness (QED) is 0.617. The lowest BCUT2D eigenvalue weighted by Gasteiger charge is -2.34. The van der Waals surface area contributed by atoms with Crippen LogP contribution >= 0.6 is 0 Å². The molecule has 0 unspecified atom stereocenters. The molecule has 1 saturated heterocycles. The zero-order valence-electron chi connectivity index (χ0n) is 16.6. The molecule has 4 N–H and O–H groups in total. The number of aliphatic hydroxyl groups excluding tert-OH is 1. The van der Waals surface area contributed by atoms with Crippen LogP contribution in [-0.2, 0) is 16.0 Å². The Kier molecular flexibility index (Phi) is 7.35. The summed E-state index contributed by atoms with van der Waals surface area (Å²) in [7, 11) is 1.57. The fraction of sp³-hybridized carbons (Fsp3) is 0.524. The van der Waals surface area contributed by atoms with Crippen molar-refractivity contribution in [1.82, 2.24) is 10.3 Å². The van der Waals surface area contributed by atoms with Gasteiger partial charge in [0.15, 0.2) is 0 Å². The maximum absolute atomic E-state index is 14.5. The molecule has 0 radical (unpaired) electrons. The Bertz CT molecular complexity index is 848. The van der Waals surface area contributed by atoms with Crippen LogP contribution in [0.3, 0.4) is 0 Å². The van der Waals surface area contributed by atoms with Crippen molar-refractivity contribution < 1.29 is 23.8 Å². The molecule has 0 bridgehead atoms. The first-order chi connectivity index (χ1) is 14.0. The number of fused-ring (bicyclic) bond motifs is 1. The minimum atomic E-state index is -0.383. The molecule has 2 aromatic rings. The average molecular weight is 405 g/mol. The van der Waals surface area contributed by atoms with Gasteiger partial charge in [-0.15, -0.1) is 0 Å². The molecule has 3 rings (SSSR count). The Morgan fingerprint density at radius 1 is 1.45 bits per heavy atom. The zero-order chi connectivity index (χ0) is 20.8. The van der Waals surface area contributed by atoms with Crippen molar-refractivity contribution in [2.24, 2.45) is 5.73 Å². The van der Waals surface area contributed by atoms with E-state index in [0.717, 1.165) is 18.2 Å². The van der Waals surface area contributed by atoms with E-state index in [1.54, 1.807) is 19.2 Å². The van der Waals surface area contributed by atoms with Crippen LogP contribution in [0.4, 0.5) is 4.39 Å². The number of halogens is 1. The molecular formula is C21H28FN3O4. The Labute approximate surface area is 169 Å². The third kappa shape index (κ3) is 5.41. The zero-order valence-corrected chi connectivity index (χ0v) is 16.6. The highest BCUT2D eigenvalue weighted by atomic mass is 19.1. The van der Waals surface area contributed by atoms with Crippen LogP contribution in [0.25, 0.3) is 10.9 Å². The number of carbonyl (C=O) groups excluding carboxylic acids is 1. The Balaban J connectivity index is 1.66. The first kappa shape index (κ1) is 21.4. The van der Waals surface area contributed by atoms with Crippen LogP contribution in [0, 0.1) is 5.82 Å². The number of rotatable bonds is 8. The van der Waals surface area contributed by atoms with Gasteiger partial charge < -0.3 is 25.6 Å². The van der Waals surface area contributed by atoms with Crippen molar-refractivity contribution in [2.75, 3.05) is 20.3 Å². The van der Waals surface area contributed by atoms with Crippen LogP contribution in [0.5, 0.6) is 5.75 Å². The summed E-state index contributed by atoms with van der Waals surface area (Å²) in [6.07, 6.45) is 3.54. The second kappa shape index (κ2) is 9.96. The molecule has 7 nitrogen and oxygen atoms in total. The van der Waals surface area contributed by atoms with Crippen molar-refractivity contribution in [3.05, 3.63) is 35.8 Å². The predicted octanol–water partition coefficient (Wildman–Crippen LogP) is 1.69. The Hall–Kier alpha value is -2.29. The molecule has 8 heteroatoms. The minimum Gasteiger partial charge on any atom is -0.497 e. The molecular weight excluding hydrogens is 377 g/mol. The third-order valence-electron chi connectivity index (χ3n) is 5.34. The number of hydrogen-bond acceptors (Lipinski definition) is 6. The van der Waals surface area contributed by atoms with Crippen molar-refractivity contribution >= 4 is 16.8 Å². The van der Waals surface area contributed by atoms with E-state index in [9.17, 15) is 9.18 Å². The lowest BCUT2D eigenvalue weighted by Crippen LogP contribution is -2.46. The van der Waals surface area contributed by atoms with Crippen molar-refractivity contribution in [2.45, 2.75) is 50.4 Å². The number of aromatic nitrogens is 1. The van der Waals surface area contributed by atoms with E-state index in [1.807, 2.05) is 6.07 Å². The molecule has 1 aromatic heterocycles. The van der Waals surface area contributed by atoms with Gasteiger partial charge in [0.05, 0.1) is 44.1 Å². The SMILES string of the molecule is COc1ccc2ncc(F)c(CC[C@@H]3CC[C@@H](N)[C@@H](CC(=O)NCCO)O3)c2c1. The van der Waals surface area contributed by atoms with Crippen molar-refractivity contribution in [3.63, 3.8) is 0 Å². The molecule has 2 heterocycles. The fourth-order valence-corrected chi connectivity index (χ4v) is 3.73. The maximum Gasteiger partial charge on any atom is 0.222 e. The molecule has 158 valence electrons. The average Bonchev–Trinajstić information content (AvgIpc) is 2.73. The van der Waals surface area contributed by atoms with Crippen LogP contribution in [0.1, 0.15) is 31.2 Å². The van der Waals surface area contributed by atoms with Gasteiger partial charge in [-0.2, -0.15) is 0 Å². The number of nitrogens with two attached hydrogens (primary N) is 1. The van der Waals surface area contributed by atoms with E-state index in [1.165, 1.54) is 6.20 Å².